The van der Waals surface area contributed by atoms with Gasteiger partial charge in [-0.05, 0) is 12.1 Å². The smallest absolute Gasteiger partial charge is 0.355 e. The number of hydrogen-bond acceptors (Lipinski definition) is 6. The number of carbonyl (C=O) groups is 2. The summed E-state index contributed by atoms with van der Waals surface area (Å²) in [7, 11) is 1.43. The van der Waals surface area contributed by atoms with E-state index in [0.717, 1.165) is 0 Å². The fourth-order valence-corrected chi connectivity index (χ4v) is 2.18. The van der Waals surface area contributed by atoms with E-state index in [0.29, 0.717) is 10.6 Å². The number of aromatic nitrogens is 2. The highest BCUT2D eigenvalue weighted by Crippen LogP contribution is 2.14. The largest absolute Gasteiger partial charge is 0.480 e. The van der Waals surface area contributed by atoms with Gasteiger partial charge in [-0.3, -0.25) is 4.79 Å². The van der Waals surface area contributed by atoms with Gasteiger partial charge < -0.3 is 15.2 Å². The van der Waals surface area contributed by atoms with Gasteiger partial charge in [-0.15, -0.1) is 11.3 Å². The average molecular weight is 293 g/mol. The minimum Gasteiger partial charge on any atom is -0.480 e. The molecule has 0 aliphatic heterocycles. The van der Waals surface area contributed by atoms with E-state index >= 15 is 0 Å². The van der Waals surface area contributed by atoms with Crippen LogP contribution in [-0.4, -0.2) is 34.1 Å². The van der Waals surface area contributed by atoms with Gasteiger partial charge in [0.25, 0.3) is 5.91 Å². The zero-order valence-electron chi connectivity index (χ0n) is 10.5. The Kier molecular flexibility index (Phi) is 4.26. The van der Waals surface area contributed by atoms with Crippen LogP contribution in [0.5, 0.6) is 5.88 Å². The number of ether oxygens (including phenoxy) is 1. The number of rotatable bonds is 5. The Bertz CT molecular complexity index is 641. The molecule has 0 fully saturated rings. The maximum Gasteiger partial charge on any atom is 0.355 e. The van der Waals surface area contributed by atoms with E-state index in [1.807, 2.05) is 0 Å². The molecule has 2 aromatic heterocycles. The molecule has 20 heavy (non-hydrogen) atoms. The zero-order valence-corrected chi connectivity index (χ0v) is 11.3. The second kappa shape index (κ2) is 6.11. The molecule has 7 nitrogen and oxygen atoms in total. The minimum absolute atomic E-state index is 0.0294. The Morgan fingerprint density at radius 2 is 2.30 bits per heavy atom. The predicted molar refractivity (Wildman–Crippen MR) is 71.0 cm³/mol. The van der Waals surface area contributed by atoms with Crippen molar-refractivity contribution in [1.82, 2.24) is 15.3 Å². The first-order valence-corrected chi connectivity index (χ1v) is 6.44. The molecule has 0 aliphatic carbocycles. The van der Waals surface area contributed by atoms with Gasteiger partial charge in [0.15, 0.2) is 5.69 Å². The molecule has 0 spiro atoms. The molecule has 104 valence electrons. The Morgan fingerprint density at radius 3 is 2.95 bits per heavy atom. The van der Waals surface area contributed by atoms with Gasteiger partial charge in [-0.2, -0.15) is 0 Å². The highest BCUT2D eigenvalue weighted by Gasteiger charge is 2.14. The van der Waals surface area contributed by atoms with E-state index < -0.39 is 5.97 Å². The molecule has 0 atom stereocenters. The van der Waals surface area contributed by atoms with Crippen LogP contribution in [0.4, 0.5) is 0 Å². The van der Waals surface area contributed by atoms with Crippen molar-refractivity contribution in [3.8, 4) is 5.88 Å². The van der Waals surface area contributed by atoms with Crippen LogP contribution in [0.25, 0.3) is 0 Å². The van der Waals surface area contributed by atoms with E-state index in [1.54, 1.807) is 12.1 Å². The molecule has 0 aliphatic rings. The van der Waals surface area contributed by atoms with Crippen LogP contribution >= 0.6 is 11.3 Å². The third-order valence-corrected chi connectivity index (χ3v) is 3.23. The average Bonchev–Trinajstić information content (AvgIpc) is 2.94. The number of pyridine rings is 1. The van der Waals surface area contributed by atoms with E-state index in [1.165, 1.54) is 30.0 Å². The van der Waals surface area contributed by atoms with E-state index in [2.05, 4.69) is 15.3 Å². The molecule has 0 aromatic carbocycles. The number of nitrogens with one attached hydrogen (secondary N) is 1. The van der Waals surface area contributed by atoms with Crippen molar-refractivity contribution in [2.24, 2.45) is 0 Å². The van der Waals surface area contributed by atoms with Crippen molar-refractivity contribution < 1.29 is 19.4 Å². The molecule has 1 amide bonds. The third-order valence-electron chi connectivity index (χ3n) is 2.38. The molecule has 0 radical (unpaired) electrons. The summed E-state index contributed by atoms with van der Waals surface area (Å²) in [6.45, 7) is 0.148. The van der Waals surface area contributed by atoms with Gasteiger partial charge in [-0.1, -0.05) is 0 Å². The highest BCUT2D eigenvalue weighted by molar-refractivity contribution is 7.09. The van der Waals surface area contributed by atoms with Gasteiger partial charge in [0.1, 0.15) is 10.6 Å². The number of carboxylic acids is 1. The zero-order chi connectivity index (χ0) is 14.5. The molecule has 8 heteroatoms. The number of hydrogen-bond donors (Lipinski definition) is 2. The van der Waals surface area contributed by atoms with Gasteiger partial charge in [0.2, 0.25) is 5.88 Å². The summed E-state index contributed by atoms with van der Waals surface area (Å²) >= 11 is 1.17. The van der Waals surface area contributed by atoms with Gasteiger partial charge in [0, 0.05) is 11.6 Å². The normalized spacial score (nSPS) is 10.1. The molecule has 2 heterocycles. The van der Waals surface area contributed by atoms with E-state index in [9.17, 15) is 9.59 Å². The van der Waals surface area contributed by atoms with Gasteiger partial charge >= 0.3 is 5.97 Å². The van der Waals surface area contributed by atoms with Crippen LogP contribution in [0.2, 0.25) is 0 Å². The molecule has 2 rings (SSSR count). The van der Waals surface area contributed by atoms with Crippen LogP contribution in [0.1, 0.15) is 25.9 Å². The Labute approximate surface area is 118 Å². The number of methoxy groups -OCH3 is 1. The van der Waals surface area contributed by atoms with E-state index in [4.69, 9.17) is 9.84 Å². The Hall–Kier alpha value is -2.48. The third kappa shape index (κ3) is 3.09. The molecule has 0 bridgehead atoms. The number of amides is 1. The van der Waals surface area contributed by atoms with Crippen molar-refractivity contribution in [2.75, 3.05) is 7.11 Å². The summed E-state index contributed by atoms with van der Waals surface area (Å²) in [5, 5.41) is 13.3. The van der Waals surface area contributed by atoms with E-state index in [-0.39, 0.29) is 24.0 Å². The number of nitrogens with zero attached hydrogens (tertiary/aromatic N) is 2. The summed E-state index contributed by atoms with van der Waals surface area (Å²) in [6, 6.07) is 3.22. The summed E-state index contributed by atoms with van der Waals surface area (Å²) < 4.78 is 4.99. The monoisotopic (exact) mass is 293 g/mol. The second-order valence-electron chi connectivity index (χ2n) is 3.67. The lowest BCUT2D eigenvalue weighted by Crippen LogP contribution is -2.23. The maximum absolute atomic E-state index is 12.0. The number of thiazole rings is 1. The Balaban J connectivity index is 2.03. The topological polar surface area (TPSA) is 101 Å². The van der Waals surface area contributed by atoms with Crippen molar-refractivity contribution in [3.05, 3.63) is 40.0 Å². The molecule has 0 unspecified atom stereocenters. The second-order valence-corrected chi connectivity index (χ2v) is 4.62. The summed E-state index contributed by atoms with van der Waals surface area (Å²) in [5.41, 5.74) is 0.281. The molecule has 0 saturated carbocycles. The summed E-state index contributed by atoms with van der Waals surface area (Å²) in [6.07, 6.45) is 1.52. The van der Waals surface area contributed by atoms with Crippen molar-refractivity contribution in [1.29, 1.82) is 0 Å². The minimum atomic E-state index is -1.09. The lowest BCUT2D eigenvalue weighted by Gasteiger charge is -2.06. The SMILES string of the molecule is COc1ncccc1C(=O)NCc1nc(C(=O)O)cs1. The van der Waals surface area contributed by atoms with Crippen LogP contribution in [0, 0.1) is 0 Å². The fraction of sp³-hybridized carbons (Fsp3) is 0.167. The van der Waals surface area contributed by atoms with Crippen molar-refractivity contribution in [2.45, 2.75) is 6.54 Å². The summed E-state index contributed by atoms with van der Waals surface area (Å²) in [4.78, 5) is 30.5. The number of carboxylic acid groups (broad SMARTS) is 1. The maximum atomic E-state index is 12.0. The lowest BCUT2D eigenvalue weighted by molar-refractivity contribution is 0.0691. The summed E-state index contributed by atoms with van der Waals surface area (Å²) in [5.74, 6) is -1.22. The first-order chi connectivity index (χ1) is 9.61. The number of aromatic carboxylic acids is 1. The van der Waals surface area contributed by atoms with Crippen LogP contribution in [0.15, 0.2) is 23.7 Å². The quantitative estimate of drug-likeness (QED) is 0.858. The first kappa shape index (κ1) is 13.9. The predicted octanol–water partition coefficient (Wildman–Crippen LogP) is 1.17. The van der Waals surface area contributed by atoms with Crippen molar-refractivity contribution >= 4 is 23.2 Å². The lowest BCUT2D eigenvalue weighted by atomic mass is 10.2. The number of carbonyl (C=O) groups excluding carboxylic acids is 1. The molecule has 0 saturated heterocycles. The molecule has 2 aromatic rings. The highest BCUT2D eigenvalue weighted by atomic mass is 32.1. The van der Waals surface area contributed by atoms with Crippen molar-refractivity contribution in [3.63, 3.8) is 0 Å². The van der Waals surface area contributed by atoms with Gasteiger partial charge in [0.05, 0.1) is 13.7 Å². The molecular weight excluding hydrogens is 282 g/mol. The van der Waals surface area contributed by atoms with Crippen LogP contribution in [0.3, 0.4) is 0 Å². The van der Waals surface area contributed by atoms with Crippen LogP contribution < -0.4 is 10.1 Å². The Morgan fingerprint density at radius 1 is 1.50 bits per heavy atom. The first-order valence-electron chi connectivity index (χ1n) is 5.56. The molecule has 2 N–H and O–H groups in total. The standard InChI is InChI=1S/C12H11N3O4S/c1-19-11-7(3-2-4-13-11)10(16)14-5-9-15-8(6-20-9)12(17)18/h2-4,6H,5H2,1H3,(H,14,16)(H,17,18). The van der Waals surface area contributed by atoms with Crippen LogP contribution in [-0.2, 0) is 6.54 Å². The fourth-order valence-electron chi connectivity index (χ4n) is 1.47. The molecular formula is C12H11N3O4S. The van der Waals surface area contributed by atoms with Gasteiger partial charge in [-0.25, -0.2) is 14.8 Å².